The van der Waals surface area contributed by atoms with E-state index in [1.54, 1.807) is 11.0 Å². The Labute approximate surface area is 142 Å². The van der Waals surface area contributed by atoms with E-state index in [4.69, 9.17) is 4.42 Å². The summed E-state index contributed by atoms with van der Waals surface area (Å²) >= 11 is 0. The first-order valence-corrected chi connectivity index (χ1v) is 8.18. The van der Waals surface area contributed by atoms with Crippen molar-refractivity contribution in [1.82, 2.24) is 10.2 Å². The van der Waals surface area contributed by atoms with E-state index >= 15 is 0 Å². The molecule has 1 heterocycles. The summed E-state index contributed by atoms with van der Waals surface area (Å²) < 4.78 is 5.00. The quantitative estimate of drug-likeness (QED) is 0.810. The molecule has 2 rings (SSSR count). The predicted octanol–water partition coefficient (Wildman–Crippen LogP) is 3.08. The number of hydrogen-bond donors (Lipinski definition) is 1. The molecule has 24 heavy (non-hydrogen) atoms. The van der Waals surface area contributed by atoms with E-state index < -0.39 is 0 Å². The van der Waals surface area contributed by atoms with E-state index in [0.29, 0.717) is 31.1 Å². The monoisotopic (exact) mass is 328 g/mol. The number of carbonyl (C=O) groups is 2. The molecule has 2 amide bonds. The van der Waals surface area contributed by atoms with Gasteiger partial charge in [0.05, 0.1) is 11.8 Å². The average Bonchev–Trinajstić information content (AvgIpc) is 3.11. The fraction of sp³-hybridized carbons (Fsp3) is 0.368. The lowest BCUT2D eigenvalue weighted by molar-refractivity contribution is -0.121. The summed E-state index contributed by atoms with van der Waals surface area (Å²) in [6.45, 7) is 5.56. The van der Waals surface area contributed by atoms with E-state index in [-0.39, 0.29) is 18.2 Å². The topological polar surface area (TPSA) is 62.6 Å². The zero-order chi connectivity index (χ0) is 17.4. The Morgan fingerprint density at radius 3 is 2.54 bits per heavy atom. The van der Waals surface area contributed by atoms with Crippen LogP contribution in [0.25, 0.3) is 0 Å². The largest absolute Gasteiger partial charge is 0.472 e. The molecular formula is C19H24N2O3. The van der Waals surface area contributed by atoms with Crippen LogP contribution in [-0.4, -0.2) is 29.8 Å². The molecule has 0 aliphatic heterocycles. The van der Waals surface area contributed by atoms with Gasteiger partial charge in [-0.05, 0) is 17.5 Å². The smallest absolute Gasteiger partial charge is 0.257 e. The van der Waals surface area contributed by atoms with Gasteiger partial charge in [-0.25, -0.2) is 0 Å². The average molecular weight is 328 g/mol. The Kier molecular flexibility index (Phi) is 6.61. The van der Waals surface area contributed by atoms with Crippen molar-refractivity contribution in [2.24, 2.45) is 5.92 Å². The number of amides is 2. The molecule has 0 atom stereocenters. The van der Waals surface area contributed by atoms with Crippen molar-refractivity contribution in [2.75, 3.05) is 13.1 Å². The van der Waals surface area contributed by atoms with Gasteiger partial charge in [0.15, 0.2) is 0 Å². The Morgan fingerprint density at radius 1 is 1.17 bits per heavy atom. The number of carbonyl (C=O) groups excluding carboxylic acids is 2. The lowest BCUT2D eigenvalue weighted by atomic mass is 10.2. The number of benzene rings is 1. The summed E-state index contributed by atoms with van der Waals surface area (Å²) in [5, 5.41) is 2.88. The molecule has 0 aliphatic carbocycles. The first-order valence-electron chi connectivity index (χ1n) is 8.18. The second-order valence-corrected chi connectivity index (χ2v) is 6.17. The van der Waals surface area contributed by atoms with Crippen LogP contribution in [0, 0.1) is 5.92 Å². The van der Waals surface area contributed by atoms with E-state index in [0.717, 1.165) is 5.56 Å². The maximum Gasteiger partial charge on any atom is 0.257 e. The molecule has 0 saturated carbocycles. The van der Waals surface area contributed by atoms with Gasteiger partial charge in [0.1, 0.15) is 6.26 Å². The van der Waals surface area contributed by atoms with E-state index in [1.807, 2.05) is 44.2 Å². The lowest BCUT2D eigenvalue weighted by Gasteiger charge is -2.22. The Hall–Kier alpha value is -2.56. The maximum atomic E-state index is 12.6. The van der Waals surface area contributed by atoms with Gasteiger partial charge in [-0.1, -0.05) is 44.2 Å². The molecule has 0 spiro atoms. The number of hydrogen-bond acceptors (Lipinski definition) is 3. The molecule has 128 valence electrons. The highest BCUT2D eigenvalue weighted by atomic mass is 16.3. The van der Waals surface area contributed by atoms with E-state index in [9.17, 15) is 9.59 Å². The van der Waals surface area contributed by atoms with Crippen molar-refractivity contribution in [1.29, 1.82) is 0 Å². The van der Waals surface area contributed by atoms with Crippen LogP contribution in [0.15, 0.2) is 53.3 Å². The van der Waals surface area contributed by atoms with Crippen molar-refractivity contribution in [3.05, 3.63) is 60.1 Å². The standard InChI is InChI=1S/C19H24N2O3/c1-15(2)12-20-18(22)8-10-21(13-16-6-4-3-5-7-16)19(23)17-9-11-24-14-17/h3-7,9,11,14-15H,8,10,12-13H2,1-2H3,(H,20,22). The summed E-state index contributed by atoms with van der Waals surface area (Å²) in [6.07, 6.45) is 3.19. The third kappa shape index (κ3) is 5.57. The first-order chi connectivity index (χ1) is 11.6. The first kappa shape index (κ1) is 17.8. The van der Waals surface area contributed by atoms with Gasteiger partial charge in [0.2, 0.25) is 5.91 Å². The van der Waals surface area contributed by atoms with Crippen LogP contribution in [0.4, 0.5) is 0 Å². The van der Waals surface area contributed by atoms with E-state index in [1.165, 1.54) is 12.5 Å². The van der Waals surface area contributed by atoms with Crippen molar-refractivity contribution in [3.63, 3.8) is 0 Å². The van der Waals surface area contributed by atoms with Gasteiger partial charge in [-0.3, -0.25) is 9.59 Å². The number of furan rings is 1. The summed E-state index contributed by atoms with van der Waals surface area (Å²) in [5.41, 5.74) is 1.52. The van der Waals surface area contributed by atoms with Crippen molar-refractivity contribution >= 4 is 11.8 Å². The Bertz CT molecular complexity index is 636. The number of rotatable bonds is 8. The zero-order valence-electron chi connectivity index (χ0n) is 14.2. The third-order valence-electron chi connectivity index (χ3n) is 3.59. The molecule has 0 unspecified atom stereocenters. The van der Waals surface area contributed by atoms with Crippen LogP contribution in [0.3, 0.4) is 0 Å². The summed E-state index contributed by atoms with van der Waals surface area (Å²) in [4.78, 5) is 26.2. The second kappa shape index (κ2) is 8.91. The third-order valence-corrected chi connectivity index (χ3v) is 3.59. The van der Waals surface area contributed by atoms with Gasteiger partial charge < -0.3 is 14.6 Å². The molecule has 1 N–H and O–H groups in total. The molecule has 0 aliphatic rings. The minimum atomic E-state index is -0.135. The van der Waals surface area contributed by atoms with Gasteiger partial charge in [-0.2, -0.15) is 0 Å². The highest BCUT2D eigenvalue weighted by Gasteiger charge is 2.18. The maximum absolute atomic E-state index is 12.6. The molecule has 2 aromatic rings. The molecule has 1 aromatic heterocycles. The second-order valence-electron chi connectivity index (χ2n) is 6.17. The molecule has 0 bridgehead atoms. The van der Waals surface area contributed by atoms with Crippen LogP contribution < -0.4 is 5.32 Å². The molecule has 5 heteroatoms. The minimum Gasteiger partial charge on any atom is -0.472 e. The van der Waals surface area contributed by atoms with E-state index in [2.05, 4.69) is 5.32 Å². The highest BCUT2D eigenvalue weighted by Crippen LogP contribution is 2.11. The van der Waals surface area contributed by atoms with Gasteiger partial charge in [-0.15, -0.1) is 0 Å². The molecule has 0 saturated heterocycles. The number of nitrogens with one attached hydrogen (secondary N) is 1. The van der Waals surface area contributed by atoms with Gasteiger partial charge in [0.25, 0.3) is 5.91 Å². The van der Waals surface area contributed by atoms with Crippen LogP contribution in [0.2, 0.25) is 0 Å². The molecular weight excluding hydrogens is 304 g/mol. The molecule has 0 fully saturated rings. The fourth-order valence-electron chi connectivity index (χ4n) is 2.27. The molecule has 5 nitrogen and oxygen atoms in total. The summed E-state index contributed by atoms with van der Waals surface area (Å²) in [7, 11) is 0. The molecule has 1 aromatic carbocycles. The fourth-order valence-corrected chi connectivity index (χ4v) is 2.27. The van der Waals surface area contributed by atoms with Crippen LogP contribution in [-0.2, 0) is 11.3 Å². The van der Waals surface area contributed by atoms with Crippen molar-refractivity contribution in [2.45, 2.75) is 26.8 Å². The zero-order valence-corrected chi connectivity index (χ0v) is 14.2. The normalized spacial score (nSPS) is 10.6. The Morgan fingerprint density at radius 2 is 1.92 bits per heavy atom. The minimum absolute atomic E-state index is 0.0400. The predicted molar refractivity (Wildman–Crippen MR) is 92.4 cm³/mol. The van der Waals surface area contributed by atoms with Crippen molar-refractivity contribution < 1.29 is 14.0 Å². The SMILES string of the molecule is CC(C)CNC(=O)CCN(Cc1ccccc1)C(=O)c1ccoc1. The summed E-state index contributed by atoms with van der Waals surface area (Å²) in [6, 6.07) is 11.4. The van der Waals surface area contributed by atoms with Crippen LogP contribution in [0.5, 0.6) is 0 Å². The van der Waals surface area contributed by atoms with Gasteiger partial charge in [0, 0.05) is 26.1 Å². The molecule has 0 radical (unpaired) electrons. The van der Waals surface area contributed by atoms with Crippen LogP contribution in [0.1, 0.15) is 36.2 Å². The Balaban J connectivity index is 2.00. The van der Waals surface area contributed by atoms with Crippen LogP contribution >= 0.6 is 0 Å². The highest BCUT2D eigenvalue weighted by molar-refractivity contribution is 5.94. The number of nitrogens with zero attached hydrogens (tertiary/aromatic N) is 1. The summed E-state index contributed by atoms with van der Waals surface area (Å²) in [5.74, 6) is 0.230. The van der Waals surface area contributed by atoms with Gasteiger partial charge >= 0.3 is 0 Å². The lowest BCUT2D eigenvalue weighted by Crippen LogP contribution is -2.35. The van der Waals surface area contributed by atoms with Crippen molar-refractivity contribution in [3.8, 4) is 0 Å².